The number of anilines is 1. The molecule has 1 aromatic carbocycles. The van der Waals surface area contributed by atoms with Crippen LogP contribution in [0.1, 0.15) is 43.2 Å². The number of amides is 2. The third kappa shape index (κ3) is 5.71. The number of hydrogen-bond donors (Lipinski definition) is 2. The highest BCUT2D eigenvalue weighted by atomic mass is 32.2. The van der Waals surface area contributed by atoms with Crippen LogP contribution in [0.3, 0.4) is 0 Å². The first-order chi connectivity index (χ1) is 14.7. The Morgan fingerprint density at radius 2 is 1.81 bits per heavy atom. The maximum Gasteiger partial charge on any atom is 0.243 e. The van der Waals surface area contributed by atoms with Crippen molar-refractivity contribution >= 4 is 27.5 Å². The molecule has 0 spiro atoms. The first-order valence-corrected chi connectivity index (χ1v) is 11.7. The van der Waals surface area contributed by atoms with Crippen molar-refractivity contribution in [2.45, 2.75) is 57.4 Å². The summed E-state index contributed by atoms with van der Waals surface area (Å²) >= 11 is 0. The van der Waals surface area contributed by atoms with E-state index < -0.39 is 10.0 Å². The Morgan fingerprint density at radius 1 is 1.16 bits per heavy atom. The monoisotopic (exact) mass is 448 g/mol. The number of hydrogen-bond acceptors (Lipinski definition) is 6. The molecule has 1 aliphatic rings. The lowest BCUT2D eigenvalue weighted by Gasteiger charge is -2.31. The molecule has 0 radical (unpaired) electrons. The third-order valence-electron chi connectivity index (χ3n) is 5.41. The summed E-state index contributed by atoms with van der Waals surface area (Å²) in [5.41, 5.74) is 2.30. The summed E-state index contributed by atoms with van der Waals surface area (Å²) < 4.78 is 32.3. The van der Waals surface area contributed by atoms with Gasteiger partial charge in [0.25, 0.3) is 0 Å². The Bertz CT molecular complexity index is 1020. The van der Waals surface area contributed by atoms with Crippen LogP contribution in [0.4, 0.5) is 5.69 Å². The van der Waals surface area contributed by atoms with Gasteiger partial charge in [-0.3, -0.25) is 9.59 Å². The Morgan fingerprint density at radius 3 is 2.35 bits per heavy atom. The summed E-state index contributed by atoms with van der Waals surface area (Å²) in [6, 6.07) is 6.07. The van der Waals surface area contributed by atoms with E-state index in [4.69, 9.17) is 4.52 Å². The van der Waals surface area contributed by atoms with Crippen LogP contribution in [0.2, 0.25) is 0 Å². The fraction of sp³-hybridized carbons (Fsp3) is 0.476. The molecule has 9 nitrogen and oxygen atoms in total. The van der Waals surface area contributed by atoms with Gasteiger partial charge < -0.3 is 15.2 Å². The third-order valence-corrected chi connectivity index (χ3v) is 7.33. The molecule has 1 aliphatic heterocycles. The summed E-state index contributed by atoms with van der Waals surface area (Å²) in [6.45, 7) is 5.75. The van der Waals surface area contributed by atoms with Crippen LogP contribution in [-0.2, 0) is 26.0 Å². The minimum Gasteiger partial charge on any atom is -0.361 e. The van der Waals surface area contributed by atoms with E-state index in [2.05, 4.69) is 15.8 Å². The van der Waals surface area contributed by atoms with Crippen molar-refractivity contribution in [3.63, 3.8) is 0 Å². The van der Waals surface area contributed by atoms with Crippen molar-refractivity contribution in [1.29, 1.82) is 0 Å². The Balaban J connectivity index is 1.50. The van der Waals surface area contributed by atoms with E-state index in [1.165, 1.54) is 23.4 Å². The molecule has 0 bridgehead atoms. The number of aromatic nitrogens is 1. The molecule has 0 atom stereocenters. The lowest BCUT2D eigenvalue weighted by molar-refractivity contribution is -0.122. The van der Waals surface area contributed by atoms with E-state index in [0.29, 0.717) is 44.5 Å². The highest BCUT2D eigenvalue weighted by molar-refractivity contribution is 7.89. The van der Waals surface area contributed by atoms with Crippen LogP contribution in [0.15, 0.2) is 33.7 Å². The zero-order chi connectivity index (χ0) is 22.6. The smallest absolute Gasteiger partial charge is 0.243 e. The number of nitrogens with one attached hydrogen (secondary N) is 2. The van der Waals surface area contributed by atoms with Gasteiger partial charge in [0.1, 0.15) is 5.76 Å². The summed E-state index contributed by atoms with van der Waals surface area (Å²) in [6.07, 6.45) is 2.01. The second-order valence-electron chi connectivity index (χ2n) is 7.75. The van der Waals surface area contributed by atoms with Gasteiger partial charge in [0.15, 0.2) is 0 Å². The van der Waals surface area contributed by atoms with E-state index >= 15 is 0 Å². The maximum atomic E-state index is 12.9. The fourth-order valence-electron chi connectivity index (χ4n) is 3.70. The van der Waals surface area contributed by atoms with E-state index in [1.54, 1.807) is 12.1 Å². The van der Waals surface area contributed by atoms with E-state index in [0.717, 1.165) is 17.0 Å². The normalized spacial score (nSPS) is 15.6. The number of carbonyl (C=O) groups is 2. The molecule has 2 heterocycles. The molecule has 0 saturated carbocycles. The van der Waals surface area contributed by atoms with Crippen molar-refractivity contribution in [1.82, 2.24) is 14.8 Å². The number of rotatable bonds is 7. The summed E-state index contributed by atoms with van der Waals surface area (Å²) in [7, 11) is -3.62. The number of benzene rings is 1. The van der Waals surface area contributed by atoms with Crippen LogP contribution in [0.25, 0.3) is 0 Å². The largest absolute Gasteiger partial charge is 0.361 e. The lowest BCUT2D eigenvalue weighted by atomic mass is 10.1. The van der Waals surface area contributed by atoms with E-state index in [1.807, 2.05) is 13.8 Å². The molecule has 168 valence electrons. The molecule has 2 amide bonds. The molecular formula is C21H28N4O5S. The molecule has 1 saturated heterocycles. The number of sulfonamides is 1. The van der Waals surface area contributed by atoms with Crippen molar-refractivity contribution in [3.05, 3.63) is 41.3 Å². The highest BCUT2D eigenvalue weighted by Crippen LogP contribution is 2.22. The molecule has 10 heteroatoms. The standard InChI is InChI=1S/C21H28N4O5S/c1-14-20(15(2)30-24-14)8-9-21(27)23-18-10-12-25(13-11-18)31(28,29)19-6-4-17(5-7-19)22-16(3)26/h4-7,18H,8-13H2,1-3H3,(H,22,26)(H,23,27). The van der Waals surface area contributed by atoms with Gasteiger partial charge in [-0.05, 0) is 57.4 Å². The van der Waals surface area contributed by atoms with E-state index in [9.17, 15) is 18.0 Å². The first-order valence-electron chi connectivity index (χ1n) is 10.3. The van der Waals surface area contributed by atoms with Gasteiger partial charge in [-0.15, -0.1) is 0 Å². The molecule has 0 unspecified atom stereocenters. The van der Waals surface area contributed by atoms with Crippen molar-refractivity contribution in [3.8, 4) is 0 Å². The van der Waals surface area contributed by atoms with Crippen molar-refractivity contribution in [2.24, 2.45) is 0 Å². The lowest BCUT2D eigenvalue weighted by Crippen LogP contribution is -2.46. The summed E-state index contributed by atoms with van der Waals surface area (Å²) in [5, 5.41) is 9.52. The predicted molar refractivity (Wildman–Crippen MR) is 115 cm³/mol. The zero-order valence-electron chi connectivity index (χ0n) is 18.0. The molecular weight excluding hydrogens is 420 g/mol. The minimum atomic E-state index is -3.62. The number of aryl methyl sites for hydroxylation is 2. The predicted octanol–water partition coefficient (Wildman–Crippen LogP) is 2.15. The number of carbonyl (C=O) groups excluding carboxylic acids is 2. The second-order valence-corrected chi connectivity index (χ2v) is 9.69. The number of piperidine rings is 1. The minimum absolute atomic E-state index is 0.0502. The van der Waals surface area contributed by atoms with Gasteiger partial charge in [-0.25, -0.2) is 8.42 Å². The second kappa shape index (κ2) is 9.61. The van der Waals surface area contributed by atoms with Crippen LogP contribution >= 0.6 is 0 Å². The van der Waals surface area contributed by atoms with Crippen LogP contribution in [-0.4, -0.2) is 48.8 Å². The first kappa shape index (κ1) is 23.0. The Hall–Kier alpha value is -2.72. The van der Waals surface area contributed by atoms with Crippen molar-refractivity contribution < 1.29 is 22.5 Å². The van der Waals surface area contributed by atoms with Crippen LogP contribution in [0, 0.1) is 13.8 Å². The van der Waals surface area contributed by atoms with Crippen molar-refractivity contribution in [2.75, 3.05) is 18.4 Å². The molecule has 31 heavy (non-hydrogen) atoms. The topological polar surface area (TPSA) is 122 Å². The zero-order valence-corrected chi connectivity index (χ0v) is 18.8. The average molecular weight is 449 g/mol. The van der Waals surface area contributed by atoms with Gasteiger partial charge in [0.05, 0.1) is 10.6 Å². The van der Waals surface area contributed by atoms with Crippen LogP contribution in [0.5, 0.6) is 0 Å². The van der Waals surface area contributed by atoms with E-state index in [-0.39, 0.29) is 22.8 Å². The van der Waals surface area contributed by atoms with Crippen LogP contribution < -0.4 is 10.6 Å². The molecule has 2 N–H and O–H groups in total. The highest BCUT2D eigenvalue weighted by Gasteiger charge is 2.30. The maximum absolute atomic E-state index is 12.9. The molecule has 2 aromatic rings. The van der Waals surface area contributed by atoms with Gasteiger partial charge in [0.2, 0.25) is 21.8 Å². The molecule has 1 aromatic heterocycles. The molecule has 3 rings (SSSR count). The van der Waals surface area contributed by atoms with Gasteiger partial charge in [0, 0.05) is 43.7 Å². The fourth-order valence-corrected chi connectivity index (χ4v) is 5.17. The summed E-state index contributed by atoms with van der Waals surface area (Å²) in [5.74, 6) is 0.454. The van der Waals surface area contributed by atoms with Gasteiger partial charge in [-0.2, -0.15) is 4.31 Å². The quantitative estimate of drug-likeness (QED) is 0.669. The van der Waals surface area contributed by atoms with Gasteiger partial charge >= 0.3 is 0 Å². The average Bonchev–Trinajstić information content (AvgIpc) is 3.04. The Kier molecular flexibility index (Phi) is 7.11. The molecule has 1 fully saturated rings. The SMILES string of the molecule is CC(=O)Nc1ccc(S(=O)(=O)N2CCC(NC(=O)CCc3c(C)noc3C)CC2)cc1. The molecule has 0 aliphatic carbocycles. The van der Waals surface area contributed by atoms with Gasteiger partial charge in [-0.1, -0.05) is 5.16 Å². The Labute approximate surface area is 182 Å². The number of nitrogens with zero attached hydrogens (tertiary/aromatic N) is 2. The summed E-state index contributed by atoms with van der Waals surface area (Å²) in [4.78, 5) is 23.6.